The summed E-state index contributed by atoms with van der Waals surface area (Å²) >= 11 is 0. The lowest BCUT2D eigenvalue weighted by molar-refractivity contribution is 0.0732. The summed E-state index contributed by atoms with van der Waals surface area (Å²) in [7, 11) is 0. The number of anilines is 2. The van der Waals surface area contributed by atoms with Crippen molar-refractivity contribution >= 4 is 11.8 Å². The Kier molecular flexibility index (Phi) is 4.06. The Hall–Kier alpha value is -2.08. The van der Waals surface area contributed by atoms with Crippen LogP contribution in [-0.2, 0) is 6.42 Å². The number of hydrogen-bond acceptors (Lipinski definition) is 6. The zero-order chi connectivity index (χ0) is 14.7. The molecule has 0 bridgehead atoms. The Morgan fingerprint density at radius 3 is 2.95 bits per heavy atom. The van der Waals surface area contributed by atoms with Gasteiger partial charge in [-0.25, -0.2) is 4.98 Å². The number of nitrogens with zero attached hydrogens (tertiary/aromatic N) is 2. The predicted molar refractivity (Wildman–Crippen MR) is 79.9 cm³/mol. The van der Waals surface area contributed by atoms with Gasteiger partial charge in [0.05, 0.1) is 18.1 Å². The molecule has 4 N–H and O–H groups in total. The molecule has 1 aliphatic carbocycles. The number of aliphatic hydroxyl groups is 1. The second-order valence-electron chi connectivity index (χ2n) is 5.47. The molecule has 6 nitrogen and oxygen atoms in total. The van der Waals surface area contributed by atoms with Crippen LogP contribution in [0.25, 0.3) is 0 Å². The van der Waals surface area contributed by atoms with Crippen molar-refractivity contribution in [2.75, 3.05) is 17.6 Å². The van der Waals surface area contributed by atoms with Crippen LogP contribution in [0.1, 0.15) is 36.6 Å². The SMILES string of the molecule is Nc1nc(NCCCc2ccco2)cc(C2CC(O)C2)n1. The van der Waals surface area contributed by atoms with Crippen LogP contribution < -0.4 is 11.1 Å². The normalized spacial score (nSPS) is 21.0. The quantitative estimate of drug-likeness (QED) is 0.703. The lowest BCUT2D eigenvalue weighted by Gasteiger charge is -2.30. The molecule has 0 aliphatic heterocycles. The molecule has 112 valence electrons. The van der Waals surface area contributed by atoms with Crippen molar-refractivity contribution in [3.63, 3.8) is 0 Å². The molecular formula is C15H20N4O2. The Morgan fingerprint density at radius 2 is 2.24 bits per heavy atom. The highest BCUT2D eigenvalue weighted by molar-refractivity contribution is 5.41. The Morgan fingerprint density at radius 1 is 1.38 bits per heavy atom. The maximum absolute atomic E-state index is 9.38. The van der Waals surface area contributed by atoms with Gasteiger partial charge < -0.3 is 20.6 Å². The smallest absolute Gasteiger partial charge is 0.222 e. The third kappa shape index (κ3) is 3.52. The number of nitrogens with one attached hydrogen (secondary N) is 1. The van der Waals surface area contributed by atoms with Gasteiger partial charge in [-0.1, -0.05) is 0 Å². The first-order valence-corrected chi connectivity index (χ1v) is 7.29. The molecule has 2 aromatic rings. The zero-order valence-electron chi connectivity index (χ0n) is 11.8. The fraction of sp³-hybridized carbons (Fsp3) is 0.467. The second kappa shape index (κ2) is 6.13. The number of hydrogen-bond donors (Lipinski definition) is 3. The largest absolute Gasteiger partial charge is 0.469 e. The predicted octanol–water partition coefficient (Wildman–Crippen LogP) is 1.93. The monoisotopic (exact) mass is 288 g/mol. The van der Waals surface area contributed by atoms with E-state index in [4.69, 9.17) is 10.2 Å². The molecule has 0 spiro atoms. The third-order valence-electron chi connectivity index (χ3n) is 3.78. The van der Waals surface area contributed by atoms with Gasteiger partial charge in [0, 0.05) is 24.9 Å². The summed E-state index contributed by atoms with van der Waals surface area (Å²) in [4.78, 5) is 8.46. The molecule has 1 aliphatic rings. The molecular weight excluding hydrogens is 268 g/mol. The van der Waals surface area contributed by atoms with Crippen LogP contribution in [0.3, 0.4) is 0 Å². The van der Waals surface area contributed by atoms with Crippen LogP contribution in [0.2, 0.25) is 0 Å². The number of nitrogen functional groups attached to an aromatic ring is 1. The van der Waals surface area contributed by atoms with Crippen LogP contribution in [0.15, 0.2) is 28.9 Å². The summed E-state index contributed by atoms with van der Waals surface area (Å²) in [5, 5.41) is 12.7. The molecule has 3 rings (SSSR count). The molecule has 6 heteroatoms. The van der Waals surface area contributed by atoms with Gasteiger partial charge >= 0.3 is 0 Å². The molecule has 0 atom stereocenters. The van der Waals surface area contributed by atoms with Crippen LogP contribution in [0.5, 0.6) is 0 Å². The van der Waals surface area contributed by atoms with E-state index in [0.29, 0.717) is 5.92 Å². The van der Waals surface area contributed by atoms with Gasteiger partial charge in [0.15, 0.2) is 0 Å². The van der Waals surface area contributed by atoms with E-state index in [1.807, 2.05) is 18.2 Å². The van der Waals surface area contributed by atoms with E-state index in [-0.39, 0.29) is 12.1 Å². The van der Waals surface area contributed by atoms with Gasteiger partial charge in [-0.15, -0.1) is 0 Å². The van der Waals surface area contributed by atoms with E-state index in [1.54, 1.807) is 6.26 Å². The topological polar surface area (TPSA) is 97.2 Å². The molecule has 0 saturated heterocycles. The van der Waals surface area contributed by atoms with Crippen LogP contribution in [0, 0.1) is 0 Å². The van der Waals surface area contributed by atoms with E-state index in [1.165, 1.54) is 0 Å². The van der Waals surface area contributed by atoms with Crippen molar-refractivity contribution < 1.29 is 9.52 Å². The first-order valence-electron chi connectivity index (χ1n) is 7.29. The van der Waals surface area contributed by atoms with Crippen LogP contribution in [-0.4, -0.2) is 27.7 Å². The minimum atomic E-state index is -0.198. The van der Waals surface area contributed by atoms with Gasteiger partial charge in [-0.3, -0.25) is 0 Å². The molecule has 0 aromatic carbocycles. The van der Waals surface area contributed by atoms with Crippen molar-refractivity contribution in [2.24, 2.45) is 0 Å². The van der Waals surface area contributed by atoms with E-state index >= 15 is 0 Å². The highest BCUT2D eigenvalue weighted by Crippen LogP contribution is 2.36. The zero-order valence-corrected chi connectivity index (χ0v) is 11.8. The summed E-state index contributed by atoms with van der Waals surface area (Å²) in [5.74, 6) is 2.32. The summed E-state index contributed by atoms with van der Waals surface area (Å²) in [6.07, 6.45) is 4.85. The fourth-order valence-corrected chi connectivity index (χ4v) is 2.55. The standard InChI is InChI=1S/C15H20N4O2/c16-15-18-13(10-7-11(20)8-10)9-14(19-15)17-5-1-3-12-4-2-6-21-12/h2,4,6,9-11,20H,1,3,5,7-8H2,(H3,16,17,18,19). The summed E-state index contributed by atoms with van der Waals surface area (Å²) in [5.41, 5.74) is 6.67. The van der Waals surface area contributed by atoms with Crippen molar-refractivity contribution in [3.8, 4) is 0 Å². The van der Waals surface area contributed by atoms with Crippen molar-refractivity contribution in [1.29, 1.82) is 0 Å². The van der Waals surface area contributed by atoms with E-state index in [0.717, 1.165) is 49.5 Å². The minimum absolute atomic E-state index is 0.198. The average molecular weight is 288 g/mol. The maximum Gasteiger partial charge on any atom is 0.222 e. The van der Waals surface area contributed by atoms with Crippen LogP contribution >= 0.6 is 0 Å². The van der Waals surface area contributed by atoms with Crippen molar-refractivity contribution in [3.05, 3.63) is 35.9 Å². The Bertz CT molecular complexity index is 579. The van der Waals surface area contributed by atoms with Gasteiger partial charge in [0.25, 0.3) is 0 Å². The lowest BCUT2D eigenvalue weighted by atomic mass is 9.80. The second-order valence-corrected chi connectivity index (χ2v) is 5.47. The summed E-state index contributed by atoms with van der Waals surface area (Å²) in [6.45, 7) is 0.796. The minimum Gasteiger partial charge on any atom is -0.469 e. The number of nitrogens with two attached hydrogens (primary N) is 1. The summed E-state index contributed by atoms with van der Waals surface area (Å²) in [6, 6.07) is 5.80. The molecule has 21 heavy (non-hydrogen) atoms. The highest BCUT2D eigenvalue weighted by Gasteiger charge is 2.30. The lowest BCUT2D eigenvalue weighted by Crippen LogP contribution is -2.27. The summed E-state index contributed by atoms with van der Waals surface area (Å²) < 4.78 is 5.29. The van der Waals surface area contributed by atoms with Gasteiger partial charge in [-0.2, -0.15) is 4.98 Å². The third-order valence-corrected chi connectivity index (χ3v) is 3.78. The Balaban J connectivity index is 1.52. The average Bonchev–Trinajstić information content (AvgIpc) is 2.93. The number of aliphatic hydroxyl groups excluding tert-OH is 1. The number of aryl methyl sites for hydroxylation is 1. The number of rotatable bonds is 6. The van der Waals surface area contributed by atoms with Gasteiger partial charge in [0.2, 0.25) is 5.95 Å². The molecule has 2 heterocycles. The van der Waals surface area contributed by atoms with Crippen molar-refractivity contribution in [1.82, 2.24) is 9.97 Å². The molecule has 0 amide bonds. The molecule has 1 saturated carbocycles. The maximum atomic E-state index is 9.38. The van der Waals surface area contributed by atoms with Gasteiger partial charge in [-0.05, 0) is 31.4 Å². The molecule has 1 fully saturated rings. The van der Waals surface area contributed by atoms with Crippen molar-refractivity contribution in [2.45, 2.75) is 37.7 Å². The van der Waals surface area contributed by atoms with E-state index in [2.05, 4.69) is 15.3 Å². The Labute approximate surface area is 123 Å². The first kappa shape index (κ1) is 13.9. The van der Waals surface area contributed by atoms with Crippen LogP contribution in [0.4, 0.5) is 11.8 Å². The molecule has 0 radical (unpaired) electrons. The van der Waals surface area contributed by atoms with Gasteiger partial charge in [0.1, 0.15) is 11.6 Å². The van der Waals surface area contributed by atoms with E-state index in [9.17, 15) is 5.11 Å². The first-order chi connectivity index (χ1) is 10.2. The van der Waals surface area contributed by atoms with E-state index < -0.39 is 0 Å². The molecule has 2 aromatic heterocycles. The molecule has 0 unspecified atom stereocenters. The number of furan rings is 1. The highest BCUT2D eigenvalue weighted by atomic mass is 16.3. The number of aromatic nitrogens is 2. The fourth-order valence-electron chi connectivity index (χ4n) is 2.55.